The van der Waals surface area contributed by atoms with Gasteiger partial charge < -0.3 is 10.2 Å². The van der Waals surface area contributed by atoms with Crippen LogP contribution in [0.2, 0.25) is 0 Å². The first-order valence-corrected chi connectivity index (χ1v) is 7.20. The summed E-state index contributed by atoms with van der Waals surface area (Å²) in [5, 5.41) is 2.78. The largest absolute Gasteiger partial charge is 0.355 e. The number of rotatable bonds is 4. The van der Waals surface area contributed by atoms with Gasteiger partial charge in [-0.15, -0.1) is 0 Å². The first-order chi connectivity index (χ1) is 9.58. The monoisotopic (exact) mass is 274 g/mol. The van der Waals surface area contributed by atoms with Crippen molar-refractivity contribution in [3.05, 3.63) is 35.4 Å². The van der Waals surface area contributed by atoms with Crippen LogP contribution in [0.3, 0.4) is 0 Å². The molecule has 4 heteroatoms. The van der Waals surface area contributed by atoms with Crippen molar-refractivity contribution in [1.29, 1.82) is 0 Å². The molecule has 0 aromatic heterocycles. The summed E-state index contributed by atoms with van der Waals surface area (Å²) in [6, 6.07) is 8.25. The van der Waals surface area contributed by atoms with Crippen LogP contribution in [0, 0.1) is 5.92 Å². The van der Waals surface area contributed by atoms with E-state index in [0.29, 0.717) is 19.5 Å². The van der Waals surface area contributed by atoms with E-state index in [2.05, 4.69) is 17.4 Å². The van der Waals surface area contributed by atoms with Gasteiger partial charge in [-0.3, -0.25) is 9.59 Å². The minimum atomic E-state index is -0.0352. The van der Waals surface area contributed by atoms with Crippen LogP contribution in [0.25, 0.3) is 0 Å². The summed E-state index contributed by atoms with van der Waals surface area (Å²) in [6.45, 7) is 5.58. The molecule has 2 rings (SSSR count). The van der Waals surface area contributed by atoms with Gasteiger partial charge in [-0.05, 0) is 17.5 Å². The smallest absolute Gasteiger partial charge is 0.224 e. The van der Waals surface area contributed by atoms with Gasteiger partial charge in [0, 0.05) is 32.0 Å². The molecule has 0 aliphatic carbocycles. The van der Waals surface area contributed by atoms with Crippen molar-refractivity contribution < 1.29 is 9.59 Å². The Balaban J connectivity index is 1.81. The van der Waals surface area contributed by atoms with E-state index >= 15 is 0 Å². The van der Waals surface area contributed by atoms with E-state index in [9.17, 15) is 9.59 Å². The van der Waals surface area contributed by atoms with Gasteiger partial charge in [-0.2, -0.15) is 0 Å². The molecular formula is C16H22N2O2. The molecule has 1 aliphatic rings. The van der Waals surface area contributed by atoms with Crippen molar-refractivity contribution in [2.24, 2.45) is 5.92 Å². The molecule has 0 atom stereocenters. The Morgan fingerprint density at radius 2 is 1.95 bits per heavy atom. The summed E-state index contributed by atoms with van der Waals surface area (Å²) in [7, 11) is 0. The van der Waals surface area contributed by atoms with Crippen LogP contribution in [0.5, 0.6) is 0 Å². The molecule has 2 amide bonds. The lowest BCUT2D eigenvalue weighted by Gasteiger charge is -2.29. The van der Waals surface area contributed by atoms with E-state index in [1.54, 1.807) is 0 Å². The Bertz CT molecular complexity index is 497. The van der Waals surface area contributed by atoms with Gasteiger partial charge in [-0.1, -0.05) is 38.1 Å². The lowest BCUT2D eigenvalue weighted by atomic mass is 10.00. The molecule has 0 spiro atoms. The highest BCUT2D eigenvalue weighted by Gasteiger charge is 2.20. The molecular weight excluding hydrogens is 252 g/mol. The average Bonchev–Trinajstić information content (AvgIpc) is 2.46. The van der Waals surface area contributed by atoms with Crippen LogP contribution in [0.4, 0.5) is 0 Å². The zero-order valence-electron chi connectivity index (χ0n) is 12.2. The number of benzene rings is 1. The number of hydrogen-bond acceptors (Lipinski definition) is 2. The number of fused-ring (bicyclic) bond motifs is 1. The number of amides is 2. The second-order valence-electron chi connectivity index (χ2n) is 5.53. The summed E-state index contributed by atoms with van der Waals surface area (Å²) < 4.78 is 0. The minimum Gasteiger partial charge on any atom is -0.355 e. The van der Waals surface area contributed by atoms with E-state index in [4.69, 9.17) is 0 Å². The first kappa shape index (κ1) is 14.6. The Labute approximate surface area is 120 Å². The van der Waals surface area contributed by atoms with Gasteiger partial charge >= 0.3 is 0 Å². The van der Waals surface area contributed by atoms with Gasteiger partial charge in [-0.25, -0.2) is 0 Å². The fourth-order valence-electron chi connectivity index (χ4n) is 2.36. The Morgan fingerprint density at radius 1 is 1.25 bits per heavy atom. The highest BCUT2D eigenvalue weighted by atomic mass is 16.2. The van der Waals surface area contributed by atoms with Gasteiger partial charge in [0.25, 0.3) is 0 Å². The number of nitrogens with zero attached hydrogens (tertiary/aromatic N) is 1. The van der Waals surface area contributed by atoms with E-state index in [0.717, 1.165) is 13.0 Å². The third kappa shape index (κ3) is 3.59. The van der Waals surface area contributed by atoms with Crippen molar-refractivity contribution in [2.75, 3.05) is 13.1 Å². The highest BCUT2D eigenvalue weighted by molar-refractivity contribution is 5.80. The third-order valence-corrected chi connectivity index (χ3v) is 3.65. The van der Waals surface area contributed by atoms with Crippen LogP contribution in [-0.2, 0) is 22.6 Å². The minimum absolute atomic E-state index is 0.00166. The summed E-state index contributed by atoms with van der Waals surface area (Å²) in [6.07, 6.45) is 1.29. The Morgan fingerprint density at radius 3 is 2.65 bits per heavy atom. The normalized spacial score (nSPS) is 14.1. The maximum atomic E-state index is 12.1. The number of nitrogens with one attached hydrogen (secondary N) is 1. The van der Waals surface area contributed by atoms with Gasteiger partial charge in [0.15, 0.2) is 0 Å². The summed E-state index contributed by atoms with van der Waals surface area (Å²) in [4.78, 5) is 25.4. The molecule has 0 unspecified atom stereocenters. The molecule has 0 bridgehead atoms. The van der Waals surface area contributed by atoms with E-state index in [1.807, 2.05) is 30.9 Å². The van der Waals surface area contributed by atoms with Crippen LogP contribution < -0.4 is 5.32 Å². The zero-order valence-corrected chi connectivity index (χ0v) is 12.2. The first-order valence-electron chi connectivity index (χ1n) is 7.20. The fraction of sp³-hybridized carbons (Fsp3) is 0.500. The number of carbonyl (C=O) groups excluding carboxylic acids is 2. The standard InChI is InChI=1S/C16H22N2O2/c1-12(2)16(20)17-9-7-15(19)18-10-8-13-5-3-4-6-14(13)11-18/h3-6,12H,7-11H2,1-2H3,(H,17,20). The molecule has 1 heterocycles. The van der Waals surface area contributed by atoms with E-state index in [1.165, 1.54) is 11.1 Å². The summed E-state index contributed by atoms with van der Waals surface area (Å²) in [5.41, 5.74) is 2.57. The van der Waals surface area contributed by atoms with Crippen molar-refractivity contribution in [3.63, 3.8) is 0 Å². The van der Waals surface area contributed by atoms with Crippen molar-refractivity contribution in [3.8, 4) is 0 Å². The van der Waals surface area contributed by atoms with Crippen LogP contribution >= 0.6 is 0 Å². The molecule has 0 saturated carbocycles. The second-order valence-corrected chi connectivity index (χ2v) is 5.53. The van der Waals surface area contributed by atoms with Crippen LogP contribution in [0.15, 0.2) is 24.3 Å². The molecule has 0 saturated heterocycles. The SMILES string of the molecule is CC(C)C(=O)NCCC(=O)N1CCc2ccccc2C1. The average molecular weight is 274 g/mol. The molecule has 1 aromatic carbocycles. The van der Waals surface area contributed by atoms with Crippen molar-refractivity contribution in [1.82, 2.24) is 10.2 Å². The number of hydrogen-bond donors (Lipinski definition) is 1. The van der Waals surface area contributed by atoms with Crippen LogP contribution in [-0.4, -0.2) is 29.8 Å². The predicted octanol–water partition coefficient (Wildman–Crippen LogP) is 1.73. The summed E-state index contributed by atoms with van der Waals surface area (Å²) in [5.74, 6) is 0.0808. The van der Waals surface area contributed by atoms with Gasteiger partial charge in [0.2, 0.25) is 11.8 Å². The molecule has 108 valence electrons. The predicted molar refractivity (Wildman–Crippen MR) is 78.0 cm³/mol. The zero-order chi connectivity index (χ0) is 14.5. The van der Waals surface area contributed by atoms with Crippen molar-refractivity contribution >= 4 is 11.8 Å². The van der Waals surface area contributed by atoms with Crippen LogP contribution in [0.1, 0.15) is 31.4 Å². The van der Waals surface area contributed by atoms with E-state index < -0.39 is 0 Å². The molecule has 0 fully saturated rings. The maximum Gasteiger partial charge on any atom is 0.224 e. The summed E-state index contributed by atoms with van der Waals surface area (Å²) >= 11 is 0. The maximum absolute atomic E-state index is 12.1. The molecule has 4 nitrogen and oxygen atoms in total. The van der Waals surface area contributed by atoms with E-state index in [-0.39, 0.29) is 17.7 Å². The molecule has 0 radical (unpaired) electrons. The molecule has 1 aromatic rings. The lowest BCUT2D eigenvalue weighted by Crippen LogP contribution is -2.38. The van der Waals surface area contributed by atoms with Crippen molar-refractivity contribution in [2.45, 2.75) is 33.2 Å². The second kappa shape index (κ2) is 6.55. The third-order valence-electron chi connectivity index (χ3n) is 3.65. The van der Waals surface area contributed by atoms with Gasteiger partial charge in [0.1, 0.15) is 0 Å². The Hall–Kier alpha value is -1.84. The quantitative estimate of drug-likeness (QED) is 0.909. The molecule has 1 N–H and O–H groups in total. The highest BCUT2D eigenvalue weighted by Crippen LogP contribution is 2.18. The molecule has 20 heavy (non-hydrogen) atoms. The fourth-order valence-corrected chi connectivity index (χ4v) is 2.36. The van der Waals surface area contributed by atoms with Gasteiger partial charge in [0.05, 0.1) is 0 Å². The number of carbonyl (C=O) groups is 2. The topological polar surface area (TPSA) is 49.4 Å². The lowest BCUT2D eigenvalue weighted by molar-refractivity contribution is -0.132. The molecule has 1 aliphatic heterocycles. The Kier molecular flexibility index (Phi) is 4.77.